The Morgan fingerprint density at radius 1 is 1.15 bits per heavy atom. The van der Waals surface area contributed by atoms with Gasteiger partial charge in [0.15, 0.2) is 6.61 Å². The summed E-state index contributed by atoms with van der Waals surface area (Å²) in [5.74, 6) is -1.94. The van der Waals surface area contributed by atoms with Crippen LogP contribution in [-0.4, -0.2) is 28.5 Å². The number of halogens is 2. The fourth-order valence-corrected chi connectivity index (χ4v) is 2.56. The number of thioether (sulfide) groups is 1. The summed E-state index contributed by atoms with van der Waals surface area (Å²) in [6.07, 6.45) is 1.24. The maximum absolute atomic E-state index is 12.3. The number of benzene rings is 2. The van der Waals surface area contributed by atoms with E-state index in [0.29, 0.717) is 34.0 Å². The predicted octanol–water partition coefficient (Wildman–Crippen LogP) is 4.07. The van der Waals surface area contributed by atoms with Gasteiger partial charge in [-0.2, -0.15) is 8.78 Å². The molecule has 1 heterocycles. The monoisotopic (exact) mass is 377 g/mol. The lowest BCUT2D eigenvalue weighted by atomic mass is 10.2. The zero-order valence-electron chi connectivity index (χ0n) is 13.3. The molecule has 0 saturated heterocycles. The summed E-state index contributed by atoms with van der Waals surface area (Å²) in [7, 11) is 0. The number of anilines is 1. The van der Waals surface area contributed by atoms with Crippen LogP contribution in [0, 0.1) is 0 Å². The average molecular weight is 377 g/mol. The van der Waals surface area contributed by atoms with Crippen molar-refractivity contribution in [1.82, 2.24) is 10.2 Å². The maximum Gasteiger partial charge on any atom is 0.288 e. The fraction of sp³-hybridized carbons (Fsp3) is 0.118. The molecule has 6 nitrogen and oxygen atoms in total. The summed E-state index contributed by atoms with van der Waals surface area (Å²) < 4.78 is 35.0. The number of ether oxygens (including phenoxy) is 1. The van der Waals surface area contributed by atoms with Gasteiger partial charge in [0, 0.05) is 16.1 Å². The van der Waals surface area contributed by atoms with E-state index in [1.807, 2.05) is 0 Å². The van der Waals surface area contributed by atoms with Crippen LogP contribution in [0.25, 0.3) is 11.5 Å². The normalized spacial score (nSPS) is 10.7. The van der Waals surface area contributed by atoms with Gasteiger partial charge in [-0.1, -0.05) is 11.8 Å². The summed E-state index contributed by atoms with van der Waals surface area (Å²) in [6.45, 7) is -0.187. The van der Waals surface area contributed by atoms with Crippen molar-refractivity contribution in [3.63, 3.8) is 0 Å². The quantitative estimate of drug-likeness (QED) is 0.626. The van der Waals surface area contributed by atoms with Crippen molar-refractivity contribution in [2.24, 2.45) is 0 Å². The molecule has 0 spiro atoms. The first-order valence-electron chi connectivity index (χ1n) is 7.44. The van der Waals surface area contributed by atoms with Crippen LogP contribution in [0.4, 0.5) is 14.5 Å². The van der Waals surface area contributed by atoms with Gasteiger partial charge < -0.3 is 14.5 Å². The molecule has 0 aliphatic rings. The fourth-order valence-electron chi connectivity index (χ4n) is 2.06. The second-order valence-electron chi connectivity index (χ2n) is 5.01. The molecule has 3 aromatic rings. The summed E-state index contributed by atoms with van der Waals surface area (Å²) in [4.78, 5) is 12.3. The predicted molar refractivity (Wildman–Crippen MR) is 92.2 cm³/mol. The summed E-state index contributed by atoms with van der Waals surface area (Å²) >= 11 is 0.448. The van der Waals surface area contributed by atoms with E-state index in [1.54, 1.807) is 36.4 Å². The van der Waals surface area contributed by atoms with Gasteiger partial charge in [0.1, 0.15) is 5.75 Å². The molecule has 2 aromatic carbocycles. The first-order valence-corrected chi connectivity index (χ1v) is 8.32. The molecule has 0 unspecified atom stereocenters. The van der Waals surface area contributed by atoms with Gasteiger partial charge >= 0.3 is 0 Å². The number of carbonyl (C=O) groups is 1. The molecular weight excluding hydrogens is 364 g/mol. The molecule has 0 atom stereocenters. The minimum Gasteiger partial charge on any atom is -0.484 e. The molecule has 0 bridgehead atoms. The Bertz CT molecular complexity index is 841. The molecule has 0 aliphatic carbocycles. The third kappa shape index (κ3) is 5.03. The molecule has 1 N–H and O–H groups in total. The smallest absolute Gasteiger partial charge is 0.288 e. The summed E-state index contributed by atoms with van der Waals surface area (Å²) in [6, 6.07) is 13.0. The maximum atomic E-state index is 12.3. The number of hydrogen-bond donors (Lipinski definition) is 1. The van der Waals surface area contributed by atoms with Crippen molar-refractivity contribution >= 4 is 23.4 Å². The van der Waals surface area contributed by atoms with Crippen LogP contribution in [-0.2, 0) is 4.79 Å². The van der Waals surface area contributed by atoms with E-state index in [4.69, 9.17) is 9.15 Å². The van der Waals surface area contributed by atoms with E-state index in [-0.39, 0.29) is 12.5 Å². The number of nitrogens with zero attached hydrogens (tertiary/aromatic N) is 2. The molecule has 9 heteroatoms. The number of aromatic nitrogens is 2. The van der Waals surface area contributed by atoms with Crippen molar-refractivity contribution < 1.29 is 22.7 Å². The number of nitrogens with one attached hydrogen (secondary N) is 1. The summed E-state index contributed by atoms with van der Waals surface area (Å²) in [5.41, 5.74) is 1.24. The Hall–Kier alpha value is -2.94. The van der Waals surface area contributed by atoms with Gasteiger partial charge in [0.25, 0.3) is 11.7 Å². The SMILES string of the molecule is O=C(COc1ccc(-c2nnco2)cc1)Nc1ccc(SC(F)F)cc1. The lowest BCUT2D eigenvalue weighted by Crippen LogP contribution is -2.20. The number of rotatable bonds is 7. The van der Waals surface area contributed by atoms with E-state index in [9.17, 15) is 13.6 Å². The second kappa shape index (κ2) is 8.43. The van der Waals surface area contributed by atoms with Crippen LogP contribution < -0.4 is 10.1 Å². The highest BCUT2D eigenvalue weighted by molar-refractivity contribution is 7.99. The first kappa shape index (κ1) is 17.9. The van der Waals surface area contributed by atoms with Crippen LogP contribution in [0.1, 0.15) is 0 Å². The van der Waals surface area contributed by atoms with Gasteiger partial charge in [-0.05, 0) is 48.5 Å². The molecule has 3 rings (SSSR count). The van der Waals surface area contributed by atoms with E-state index in [0.717, 1.165) is 5.56 Å². The number of amides is 1. The van der Waals surface area contributed by atoms with Crippen molar-refractivity contribution in [3.05, 3.63) is 54.9 Å². The Morgan fingerprint density at radius 3 is 2.50 bits per heavy atom. The number of alkyl halides is 2. The number of carbonyl (C=O) groups excluding carboxylic acids is 1. The molecule has 1 amide bonds. The highest BCUT2D eigenvalue weighted by atomic mass is 32.2. The molecule has 0 aliphatic heterocycles. The Labute approximate surface area is 151 Å². The molecule has 0 saturated carbocycles. The van der Waals surface area contributed by atoms with Gasteiger partial charge in [-0.15, -0.1) is 10.2 Å². The third-order valence-electron chi connectivity index (χ3n) is 3.19. The Morgan fingerprint density at radius 2 is 1.88 bits per heavy atom. The van der Waals surface area contributed by atoms with Crippen LogP contribution in [0.3, 0.4) is 0 Å². The standard InChI is InChI=1S/C17H13F2N3O3S/c18-17(19)26-14-7-3-12(4-8-14)21-15(23)9-24-13-5-1-11(2-6-13)16-22-20-10-25-16/h1-8,10,17H,9H2,(H,21,23). The largest absolute Gasteiger partial charge is 0.484 e. The second-order valence-corrected chi connectivity index (χ2v) is 6.07. The topological polar surface area (TPSA) is 77.2 Å². The minimum atomic E-state index is -2.48. The van der Waals surface area contributed by atoms with Gasteiger partial charge in [0.2, 0.25) is 12.3 Å². The Kier molecular flexibility index (Phi) is 5.80. The van der Waals surface area contributed by atoms with E-state index in [1.165, 1.54) is 18.5 Å². The van der Waals surface area contributed by atoms with E-state index < -0.39 is 5.76 Å². The van der Waals surface area contributed by atoms with Crippen molar-refractivity contribution in [2.45, 2.75) is 10.7 Å². The van der Waals surface area contributed by atoms with Gasteiger partial charge in [-0.3, -0.25) is 4.79 Å². The van der Waals surface area contributed by atoms with Crippen molar-refractivity contribution in [2.75, 3.05) is 11.9 Å². The third-order valence-corrected chi connectivity index (χ3v) is 3.92. The highest BCUT2D eigenvalue weighted by Crippen LogP contribution is 2.26. The van der Waals surface area contributed by atoms with Crippen molar-refractivity contribution in [1.29, 1.82) is 0 Å². The van der Waals surface area contributed by atoms with Crippen LogP contribution in [0.5, 0.6) is 5.75 Å². The molecule has 134 valence electrons. The average Bonchev–Trinajstić information content (AvgIpc) is 3.16. The van der Waals surface area contributed by atoms with Crippen LogP contribution >= 0.6 is 11.8 Å². The first-order chi connectivity index (χ1) is 12.6. The molecule has 0 fully saturated rings. The number of hydrogen-bond acceptors (Lipinski definition) is 6. The van der Waals surface area contributed by atoms with E-state index in [2.05, 4.69) is 15.5 Å². The van der Waals surface area contributed by atoms with Crippen LogP contribution in [0.15, 0.2) is 64.2 Å². The molecule has 0 radical (unpaired) electrons. The van der Waals surface area contributed by atoms with Gasteiger partial charge in [-0.25, -0.2) is 0 Å². The molecule has 1 aromatic heterocycles. The zero-order chi connectivity index (χ0) is 18.4. The Balaban J connectivity index is 1.49. The minimum absolute atomic E-state index is 0.187. The van der Waals surface area contributed by atoms with Crippen molar-refractivity contribution in [3.8, 4) is 17.2 Å². The summed E-state index contributed by atoms with van der Waals surface area (Å²) in [5, 5.41) is 10.0. The zero-order valence-corrected chi connectivity index (χ0v) is 14.1. The lowest BCUT2D eigenvalue weighted by Gasteiger charge is -2.08. The highest BCUT2D eigenvalue weighted by Gasteiger charge is 2.08. The molecule has 26 heavy (non-hydrogen) atoms. The molecular formula is C17H13F2N3O3S. The van der Waals surface area contributed by atoms with Crippen LogP contribution in [0.2, 0.25) is 0 Å². The lowest BCUT2D eigenvalue weighted by molar-refractivity contribution is -0.118. The van der Waals surface area contributed by atoms with Gasteiger partial charge in [0.05, 0.1) is 0 Å². The van der Waals surface area contributed by atoms with E-state index >= 15 is 0 Å².